The van der Waals surface area contributed by atoms with Gasteiger partial charge in [-0.05, 0) is 12.0 Å². The molecule has 1 rings (SSSR count). The SMILES string of the molecule is CC(C)COCCOc1cc(F)c(C(=O)O)cc1N. The Labute approximate surface area is 111 Å². The van der Waals surface area contributed by atoms with Gasteiger partial charge in [0, 0.05) is 12.7 Å². The van der Waals surface area contributed by atoms with Crippen molar-refractivity contribution in [2.75, 3.05) is 25.6 Å². The van der Waals surface area contributed by atoms with E-state index in [9.17, 15) is 9.18 Å². The molecule has 0 fully saturated rings. The summed E-state index contributed by atoms with van der Waals surface area (Å²) >= 11 is 0. The van der Waals surface area contributed by atoms with Crippen LogP contribution in [0.1, 0.15) is 24.2 Å². The minimum atomic E-state index is -1.36. The smallest absolute Gasteiger partial charge is 0.338 e. The number of hydrogen-bond donors (Lipinski definition) is 2. The number of nitrogens with two attached hydrogens (primary N) is 1. The topological polar surface area (TPSA) is 81.8 Å². The molecule has 0 bridgehead atoms. The van der Waals surface area contributed by atoms with Crippen LogP contribution in [0.5, 0.6) is 5.75 Å². The van der Waals surface area contributed by atoms with Gasteiger partial charge in [0.25, 0.3) is 0 Å². The molecule has 5 nitrogen and oxygen atoms in total. The van der Waals surface area contributed by atoms with Crippen LogP contribution in [0.25, 0.3) is 0 Å². The zero-order chi connectivity index (χ0) is 14.4. The molecular formula is C13H18FNO4. The molecule has 0 spiro atoms. The summed E-state index contributed by atoms with van der Waals surface area (Å²) in [5, 5.41) is 8.72. The fraction of sp³-hybridized carbons (Fsp3) is 0.462. The lowest BCUT2D eigenvalue weighted by Gasteiger charge is -2.11. The maximum absolute atomic E-state index is 13.4. The van der Waals surface area contributed by atoms with Gasteiger partial charge in [0.1, 0.15) is 18.2 Å². The largest absolute Gasteiger partial charge is 0.489 e. The molecule has 0 amide bonds. The second-order valence-corrected chi connectivity index (χ2v) is 4.49. The highest BCUT2D eigenvalue weighted by molar-refractivity contribution is 5.89. The molecule has 106 valence electrons. The van der Waals surface area contributed by atoms with Gasteiger partial charge in [0.15, 0.2) is 0 Å². The van der Waals surface area contributed by atoms with Crippen molar-refractivity contribution in [3.63, 3.8) is 0 Å². The summed E-state index contributed by atoms with van der Waals surface area (Å²) in [5.74, 6) is -1.69. The third-order valence-electron chi connectivity index (χ3n) is 2.27. The average molecular weight is 271 g/mol. The van der Waals surface area contributed by atoms with Gasteiger partial charge in [-0.3, -0.25) is 0 Å². The predicted octanol–water partition coefficient (Wildman–Crippen LogP) is 2.16. The predicted molar refractivity (Wildman–Crippen MR) is 68.9 cm³/mol. The van der Waals surface area contributed by atoms with Gasteiger partial charge >= 0.3 is 5.97 Å². The molecule has 0 atom stereocenters. The van der Waals surface area contributed by atoms with Gasteiger partial charge < -0.3 is 20.3 Å². The van der Waals surface area contributed by atoms with Crippen molar-refractivity contribution < 1.29 is 23.8 Å². The molecule has 0 unspecified atom stereocenters. The van der Waals surface area contributed by atoms with Crippen molar-refractivity contribution in [1.82, 2.24) is 0 Å². The number of rotatable bonds is 7. The summed E-state index contributed by atoms with van der Waals surface area (Å²) in [5.41, 5.74) is 5.21. The summed E-state index contributed by atoms with van der Waals surface area (Å²) in [6.07, 6.45) is 0. The molecule has 0 aromatic heterocycles. The quantitative estimate of drug-likeness (QED) is 0.586. The Hall–Kier alpha value is -1.82. The maximum atomic E-state index is 13.4. The van der Waals surface area contributed by atoms with E-state index in [4.69, 9.17) is 20.3 Å². The first kappa shape index (κ1) is 15.2. The number of anilines is 1. The highest BCUT2D eigenvalue weighted by Crippen LogP contribution is 2.25. The lowest BCUT2D eigenvalue weighted by molar-refractivity contribution is 0.0691. The van der Waals surface area contributed by atoms with E-state index >= 15 is 0 Å². The fourth-order valence-electron chi connectivity index (χ4n) is 1.39. The Kier molecular flexibility index (Phi) is 5.57. The Morgan fingerprint density at radius 1 is 1.42 bits per heavy atom. The first-order chi connectivity index (χ1) is 8.91. The molecule has 0 aliphatic carbocycles. The fourth-order valence-corrected chi connectivity index (χ4v) is 1.39. The summed E-state index contributed by atoms with van der Waals surface area (Å²) in [6, 6.07) is 2.02. The minimum absolute atomic E-state index is 0.0858. The molecule has 1 aromatic carbocycles. The molecule has 3 N–H and O–H groups in total. The molecule has 0 aliphatic heterocycles. The number of hydrogen-bond acceptors (Lipinski definition) is 4. The summed E-state index contributed by atoms with van der Waals surface area (Å²) < 4.78 is 24.0. The number of aromatic carboxylic acids is 1. The molecule has 19 heavy (non-hydrogen) atoms. The van der Waals surface area contributed by atoms with Gasteiger partial charge in [-0.15, -0.1) is 0 Å². The van der Waals surface area contributed by atoms with E-state index in [0.29, 0.717) is 19.1 Å². The van der Waals surface area contributed by atoms with Crippen molar-refractivity contribution in [3.8, 4) is 5.75 Å². The van der Waals surface area contributed by atoms with Crippen LogP contribution < -0.4 is 10.5 Å². The lowest BCUT2D eigenvalue weighted by atomic mass is 10.2. The summed E-state index contributed by atoms with van der Waals surface area (Å²) in [6.45, 7) is 5.26. The maximum Gasteiger partial charge on any atom is 0.338 e. The van der Waals surface area contributed by atoms with E-state index < -0.39 is 17.3 Å². The zero-order valence-electron chi connectivity index (χ0n) is 11.0. The van der Waals surface area contributed by atoms with Crippen molar-refractivity contribution in [1.29, 1.82) is 0 Å². The third kappa shape index (κ3) is 4.75. The van der Waals surface area contributed by atoms with E-state index in [1.807, 2.05) is 13.8 Å². The van der Waals surface area contributed by atoms with Gasteiger partial charge in [0.2, 0.25) is 0 Å². The van der Waals surface area contributed by atoms with Crippen LogP contribution >= 0.6 is 0 Å². The van der Waals surface area contributed by atoms with E-state index in [-0.39, 0.29) is 18.0 Å². The Bertz CT molecular complexity index is 449. The standard InChI is InChI=1S/C13H18FNO4/c1-8(2)7-18-3-4-19-12-6-10(14)9(13(16)17)5-11(12)15/h5-6,8H,3-4,7,15H2,1-2H3,(H,16,17). The van der Waals surface area contributed by atoms with Gasteiger partial charge in [0.05, 0.1) is 17.9 Å². The number of ether oxygens (including phenoxy) is 2. The van der Waals surface area contributed by atoms with Crippen molar-refractivity contribution in [3.05, 3.63) is 23.5 Å². The molecule has 1 aromatic rings. The van der Waals surface area contributed by atoms with Crippen molar-refractivity contribution in [2.45, 2.75) is 13.8 Å². The van der Waals surface area contributed by atoms with E-state index in [2.05, 4.69) is 0 Å². The Morgan fingerprint density at radius 2 is 2.11 bits per heavy atom. The zero-order valence-corrected chi connectivity index (χ0v) is 11.0. The Balaban J connectivity index is 2.55. The number of nitrogen functional groups attached to an aromatic ring is 1. The van der Waals surface area contributed by atoms with Crippen LogP contribution in [0.3, 0.4) is 0 Å². The Morgan fingerprint density at radius 3 is 2.68 bits per heavy atom. The van der Waals surface area contributed by atoms with Gasteiger partial charge in [-0.25, -0.2) is 9.18 Å². The molecule has 0 saturated carbocycles. The number of carboxylic acid groups (broad SMARTS) is 1. The molecule has 6 heteroatoms. The average Bonchev–Trinajstić information content (AvgIpc) is 2.31. The number of carbonyl (C=O) groups is 1. The monoisotopic (exact) mass is 271 g/mol. The van der Waals surface area contributed by atoms with Crippen molar-refractivity contribution >= 4 is 11.7 Å². The highest BCUT2D eigenvalue weighted by Gasteiger charge is 2.14. The number of benzene rings is 1. The molecule has 0 saturated heterocycles. The van der Waals surface area contributed by atoms with E-state index in [1.54, 1.807) is 0 Å². The lowest BCUT2D eigenvalue weighted by Crippen LogP contribution is -2.11. The molecule has 0 heterocycles. The molecule has 0 radical (unpaired) electrons. The van der Waals surface area contributed by atoms with Crippen molar-refractivity contribution in [2.24, 2.45) is 5.92 Å². The van der Waals surface area contributed by atoms with Gasteiger partial charge in [-0.1, -0.05) is 13.8 Å². The number of carboxylic acids is 1. The summed E-state index contributed by atoms with van der Waals surface area (Å²) in [7, 11) is 0. The summed E-state index contributed by atoms with van der Waals surface area (Å²) in [4.78, 5) is 10.7. The first-order valence-corrected chi connectivity index (χ1v) is 5.94. The van der Waals surface area contributed by atoms with Crippen LogP contribution in [0, 0.1) is 11.7 Å². The second-order valence-electron chi connectivity index (χ2n) is 4.49. The van der Waals surface area contributed by atoms with Gasteiger partial charge in [-0.2, -0.15) is 0 Å². The normalized spacial score (nSPS) is 10.7. The van der Waals surface area contributed by atoms with Crippen LogP contribution in [0.4, 0.5) is 10.1 Å². The van der Waals surface area contributed by atoms with Crippen LogP contribution in [-0.2, 0) is 4.74 Å². The first-order valence-electron chi connectivity index (χ1n) is 5.94. The molecule has 0 aliphatic rings. The third-order valence-corrected chi connectivity index (χ3v) is 2.27. The van der Waals surface area contributed by atoms with Crippen LogP contribution in [0.2, 0.25) is 0 Å². The number of halogens is 1. The second kappa shape index (κ2) is 6.94. The van der Waals surface area contributed by atoms with Crippen LogP contribution in [-0.4, -0.2) is 30.9 Å². The van der Waals surface area contributed by atoms with E-state index in [0.717, 1.165) is 12.1 Å². The van der Waals surface area contributed by atoms with Crippen LogP contribution in [0.15, 0.2) is 12.1 Å². The highest BCUT2D eigenvalue weighted by atomic mass is 19.1. The van der Waals surface area contributed by atoms with E-state index in [1.165, 1.54) is 0 Å². The molecular weight excluding hydrogens is 253 g/mol. The minimum Gasteiger partial charge on any atom is -0.489 e.